The molecule has 3 rings (SSSR count). The number of carbonyl (C=O) groups excluding carboxylic acids is 1. The van der Waals surface area contributed by atoms with Gasteiger partial charge >= 0.3 is 0 Å². The van der Waals surface area contributed by atoms with E-state index >= 15 is 0 Å². The molecule has 28 heavy (non-hydrogen) atoms. The molecule has 0 saturated heterocycles. The van der Waals surface area contributed by atoms with Gasteiger partial charge in [-0.15, -0.1) is 0 Å². The highest BCUT2D eigenvalue weighted by atomic mass is 19.3. The maximum absolute atomic E-state index is 14.2. The van der Waals surface area contributed by atoms with E-state index in [1.807, 2.05) is 19.1 Å². The van der Waals surface area contributed by atoms with Crippen molar-refractivity contribution in [3.05, 3.63) is 65.6 Å². The molecule has 0 unspecified atom stereocenters. The predicted molar refractivity (Wildman–Crippen MR) is 105 cm³/mol. The lowest BCUT2D eigenvalue weighted by molar-refractivity contribution is -0.120. The summed E-state index contributed by atoms with van der Waals surface area (Å²) in [7, 11) is 0. The van der Waals surface area contributed by atoms with E-state index in [4.69, 9.17) is 0 Å². The van der Waals surface area contributed by atoms with Crippen molar-refractivity contribution in [3.63, 3.8) is 0 Å². The van der Waals surface area contributed by atoms with Crippen LogP contribution in [0.2, 0.25) is 0 Å². The van der Waals surface area contributed by atoms with Gasteiger partial charge < -0.3 is 0 Å². The van der Waals surface area contributed by atoms with Crippen molar-refractivity contribution in [3.8, 4) is 11.1 Å². The Hall–Kier alpha value is -2.69. The van der Waals surface area contributed by atoms with Gasteiger partial charge in [0.15, 0.2) is 0 Å². The highest BCUT2D eigenvalue weighted by molar-refractivity contribution is 5.87. The number of benzene rings is 2. The van der Waals surface area contributed by atoms with Crippen molar-refractivity contribution < 1.29 is 18.0 Å². The number of aromatic nitrogens is 1. The smallest absolute Gasteiger partial charge is 0.248 e. The molecule has 0 N–H and O–H groups in total. The van der Waals surface area contributed by atoms with E-state index in [9.17, 15) is 18.0 Å². The monoisotopic (exact) mass is 385 g/mol. The molecular formula is C23H22F3NO. The number of rotatable bonds is 7. The Morgan fingerprint density at radius 3 is 2.54 bits per heavy atom. The third kappa shape index (κ3) is 4.58. The molecule has 0 radical (unpaired) electrons. The first kappa shape index (κ1) is 20.1. The Bertz CT molecular complexity index is 1010. The summed E-state index contributed by atoms with van der Waals surface area (Å²) < 4.78 is 40.9. The largest absolute Gasteiger partial charge is 0.299 e. The Balaban J connectivity index is 1.86. The standard InChI is InChI=1S/C23H22F3NO/c1-3-23(25,26)11-10-18(28)13-16-8-9-22-17(12-16)14-20(15(2)27-22)19-6-4-5-7-21(19)24/h4-9,12,14H,3,10-11,13H2,1-2H3. The van der Waals surface area contributed by atoms with Crippen LogP contribution in [-0.4, -0.2) is 16.7 Å². The summed E-state index contributed by atoms with van der Waals surface area (Å²) in [6.45, 7) is 3.24. The molecule has 0 aliphatic heterocycles. The van der Waals surface area contributed by atoms with E-state index in [0.29, 0.717) is 16.8 Å². The minimum absolute atomic E-state index is 0.0959. The van der Waals surface area contributed by atoms with Crippen molar-refractivity contribution in [1.82, 2.24) is 4.98 Å². The van der Waals surface area contributed by atoms with Crippen LogP contribution in [0.4, 0.5) is 13.2 Å². The van der Waals surface area contributed by atoms with E-state index in [1.54, 1.807) is 30.3 Å². The highest BCUT2D eigenvalue weighted by Gasteiger charge is 2.26. The quantitative estimate of drug-likeness (QED) is 0.479. The van der Waals surface area contributed by atoms with Crippen LogP contribution >= 0.6 is 0 Å². The van der Waals surface area contributed by atoms with Crippen LogP contribution in [0.15, 0.2) is 48.5 Å². The minimum atomic E-state index is -2.80. The zero-order valence-corrected chi connectivity index (χ0v) is 15.9. The molecule has 1 heterocycles. The number of ketones is 1. The van der Waals surface area contributed by atoms with Gasteiger partial charge in [0.05, 0.1) is 5.52 Å². The Morgan fingerprint density at radius 2 is 1.82 bits per heavy atom. The summed E-state index contributed by atoms with van der Waals surface area (Å²) in [5.74, 6) is -3.34. The van der Waals surface area contributed by atoms with Crippen LogP contribution in [0.1, 0.15) is 37.4 Å². The molecule has 0 aliphatic rings. The maximum Gasteiger partial charge on any atom is 0.248 e. The molecule has 2 nitrogen and oxygen atoms in total. The number of pyridine rings is 1. The lowest BCUT2D eigenvalue weighted by Gasteiger charge is -2.13. The summed E-state index contributed by atoms with van der Waals surface area (Å²) in [6.07, 6.45) is -0.738. The second-order valence-corrected chi connectivity index (χ2v) is 7.05. The van der Waals surface area contributed by atoms with Crippen LogP contribution in [0.5, 0.6) is 0 Å². The maximum atomic E-state index is 14.2. The third-order valence-electron chi connectivity index (χ3n) is 4.92. The average Bonchev–Trinajstić information content (AvgIpc) is 2.67. The summed E-state index contributed by atoms with van der Waals surface area (Å²) in [4.78, 5) is 16.6. The summed E-state index contributed by atoms with van der Waals surface area (Å²) in [5.41, 5.74) is 3.35. The number of hydrogen-bond donors (Lipinski definition) is 0. The Morgan fingerprint density at radius 1 is 1.07 bits per heavy atom. The predicted octanol–water partition coefficient (Wildman–Crippen LogP) is 6.29. The van der Waals surface area contributed by atoms with E-state index in [-0.39, 0.29) is 30.9 Å². The van der Waals surface area contributed by atoms with Gasteiger partial charge in [-0.2, -0.15) is 0 Å². The number of aryl methyl sites for hydroxylation is 1. The van der Waals surface area contributed by atoms with E-state index < -0.39 is 12.3 Å². The van der Waals surface area contributed by atoms with Crippen molar-refractivity contribution in [2.45, 2.75) is 45.5 Å². The molecule has 5 heteroatoms. The van der Waals surface area contributed by atoms with Crippen LogP contribution in [-0.2, 0) is 11.2 Å². The van der Waals surface area contributed by atoms with E-state index in [0.717, 1.165) is 16.5 Å². The summed E-state index contributed by atoms with van der Waals surface area (Å²) in [5, 5.41) is 0.785. The van der Waals surface area contributed by atoms with Crippen LogP contribution in [0.25, 0.3) is 22.0 Å². The minimum Gasteiger partial charge on any atom is -0.299 e. The lowest BCUT2D eigenvalue weighted by atomic mass is 9.98. The van der Waals surface area contributed by atoms with Gasteiger partial charge in [0, 0.05) is 47.9 Å². The fourth-order valence-corrected chi connectivity index (χ4v) is 3.20. The van der Waals surface area contributed by atoms with E-state index in [2.05, 4.69) is 4.98 Å². The van der Waals surface area contributed by atoms with Gasteiger partial charge in [0.25, 0.3) is 0 Å². The number of carbonyl (C=O) groups is 1. The fourth-order valence-electron chi connectivity index (χ4n) is 3.20. The van der Waals surface area contributed by atoms with Crippen molar-refractivity contribution in [2.24, 2.45) is 0 Å². The molecule has 3 aromatic rings. The molecule has 0 aliphatic carbocycles. The van der Waals surface area contributed by atoms with Crippen molar-refractivity contribution >= 4 is 16.7 Å². The van der Waals surface area contributed by atoms with E-state index in [1.165, 1.54) is 13.0 Å². The molecule has 0 amide bonds. The number of hydrogen-bond acceptors (Lipinski definition) is 2. The summed E-state index contributed by atoms with van der Waals surface area (Å²) >= 11 is 0. The van der Waals surface area contributed by atoms with Gasteiger partial charge in [-0.1, -0.05) is 31.2 Å². The SMILES string of the molecule is CCC(F)(F)CCC(=O)Cc1ccc2nc(C)c(-c3ccccc3F)cc2c1. The third-order valence-corrected chi connectivity index (χ3v) is 4.92. The normalized spacial score (nSPS) is 11.8. The second kappa shape index (κ2) is 8.13. The van der Waals surface area contributed by atoms with Gasteiger partial charge in [-0.3, -0.25) is 9.78 Å². The number of Topliss-reactive ketones (excluding diaryl/α,β-unsaturated/α-hetero) is 1. The van der Waals surface area contributed by atoms with Crippen LogP contribution in [0, 0.1) is 12.7 Å². The molecule has 0 spiro atoms. The Labute approximate surface area is 162 Å². The molecule has 146 valence electrons. The molecule has 1 aromatic heterocycles. The van der Waals surface area contributed by atoms with Gasteiger partial charge in [-0.25, -0.2) is 13.2 Å². The average molecular weight is 385 g/mol. The van der Waals surface area contributed by atoms with Crippen molar-refractivity contribution in [1.29, 1.82) is 0 Å². The van der Waals surface area contributed by atoms with Crippen LogP contribution in [0.3, 0.4) is 0 Å². The molecule has 0 saturated carbocycles. The number of nitrogens with zero attached hydrogens (tertiary/aromatic N) is 1. The fraction of sp³-hybridized carbons (Fsp3) is 0.304. The molecular weight excluding hydrogens is 363 g/mol. The van der Waals surface area contributed by atoms with Crippen LogP contribution < -0.4 is 0 Å². The Kier molecular flexibility index (Phi) is 5.82. The topological polar surface area (TPSA) is 30.0 Å². The lowest BCUT2D eigenvalue weighted by Crippen LogP contribution is -2.16. The molecule has 2 aromatic carbocycles. The number of fused-ring (bicyclic) bond motifs is 1. The zero-order chi connectivity index (χ0) is 20.3. The molecule has 0 fully saturated rings. The second-order valence-electron chi connectivity index (χ2n) is 7.05. The van der Waals surface area contributed by atoms with Gasteiger partial charge in [-0.05, 0) is 36.8 Å². The van der Waals surface area contributed by atoms with Crippen molar-refractivity contribution in [2.75, 3.05) is 0 Å². The van der Waals surface area contributed by atoms with Gasteiger partial charge in [0.1, 0.15) is 11.6 Å². The zero-order valence-electron chi connectivity index (χ0n) is 15.9. The first-order valence-electron chi connectivity index (χ1n) is 9.34. The molecule has 0 bridgehead atoms. The molecule has 0 atom stereocenters. The van der Waals surface area contributed by atoms with Gasteiger partial charge in [0.2, 0.25) is 5.92 Å². The first-order chi connectivity index (χ1) is 13.3. The first-order valence-corrected chi connectivity index (χ1v) is 9.34. The number of halogens is 3. The summed E-state index contributed by atoms with van der Waals surface area (Å²) in [6, 6.07) is 13.8. The highest BCUT2D eigenvalue weighted by Crippen LogP contribution is 2.29. The number of alkyl halides is 2.